The second kappa shape index (κ2) is 9.54. The van der Waals surface area contributed by atoms with Crippen molar-refractivity contribution in [2.24, 2.45) is 0 Å². The monoisotopic (exact) mass is 381 g/mol. The highest BCUT2D eigenvalue weighted by Crippen LogP contribution is 2.34. The van der Waals surface area contributed by atoms with Gasteiger partial charge in [0.2, 0.25) is 0 Å². The van der Waals surface area contributed by atoms with Crippen LogP contribution in [0.2, 0.25) is 0 Å². The predicted octanol–water partition coefficient (Wildman–Crippen LogP) is 7.10. The summed E-state index contributed by atoms with van der Waals surface area (Å²) >= 11 is 0. The average Bonchev–Trinajstić information content (AvgIpc) is 2.71. The Morgan fingerprint density at radius 3 is 2.28 bits per heavy atom. The van der Waals surface area contributed by atoms with Gasteiger partial charge in [-0.15, -0.1) is 0 Å². The van der Waals surface area contributed by atoms with E-state index in [1.807, 2.05) is 0 Å². The van der Waals surface area contributed by atoms with E-state index in [2.05, 4.69) is 118 Å². The van der Waals surface area contributed by atoms with Crippen LogP contribution < -0.4 is 5.32 Å². The standard InChI is InChI=1S/C28H31N/c1-6-26(27-16-15-21(3)17-22(27)4)23(5)28(25-13-8-7-9-14-25)29-19-24-12-10-11-20(2)18-24/h6-18,28-29H,5,19H2,1-4H3/b26-6-. The van der Waals surface area contributed by atoms with Crippen molar-refractivity contribution in [2.75, 3.05) is 0 Å². The van der Waals surface area contributed by atoms with Crippen molar-refractivity contribution in [3.63, 3.8) is 0 Å². The molecule has 0 spiro atoms. The van der Waals surface area contributed by atoms with Gasteiger partial charge in [0.05, 0.1) is 6.04 Å². The molecule has 0 aliphatic heterocycles. The van der Waals surface area contributed by atoms with Gasteiger partial charge in [0, 0.05) is 6.54 Å². The highest BCUT2D eigenvalue weighted by molar-refractivity contribution is 5.81. The van der Waals surface area contributed by atoms with Crippen LogP contribution in [0.25, 0.3) is 5.57 Å². The lowest BCUT2D eigenvalue weighted by molar-refractivity contribution is 0.607. The minimum absolute atomic E-state index is 0.0450. The molecule has 3 aromatic carbocycles. The fourth-order valence-corrected chi connectivity index (χ4v) is 3.91. The van der Waals surface area contributed by atoms with E-state index >= 15 is 0 Å². The molecule has 3 rings (SSSR count). The Hall–Kier alpha value is -2.90. The molecule has 29 heavy (non-hydrogen) atoms. The molecule has 0 fully saturated rings. The Morgan fingerprint density at radius 1 is 0.897 bits per heavy atom. The first kappa shape index (κ1) is 20.8. The zero-order valence-corrected chi connectivity index (χ0v) is 18.0. The summed E-state index contributed by atoms with van der Waals surface area (Å²) in [6.07, 6.45) is 2.18. The third-order valence-electron chi connectivity index (χ3n) is 5.38. The van der Waals surface area contributed by atoms with Crippen LogP contribution in [-0.4, -0.2) is 0 Å². The molecule has 0 bridgehead atoms. The van der Waals surface area contributed by atoms with Gasteiger partial charge in [-0.05, 0) is 61.1 Å². The van der Waals surface area contributed by atoms with Crippen LogP contribution in [-0.2, 0) is 6.54 Å². The van der Waals surface area contributed by atoms with Crippen LogP contribution in [0, 0.1) is 20.8 Å². The highest BCUT2D eigenvalue weighted by Gasteiger charge is 2.19. The van der Waals surface area contributed by atoms with Crippen molar-refractivity contribution in [3.8, 4) is 0 Å². The van der Waals surface area contributed by atoms with E-state index in [9.17, 15) is 0 Å². The number of allylic oxidation sites excluding steroid dienone is 1. The first-order chi connectivity index (χ1) is 14.0. The molecule has 148 valence electrons. The van der Waals surface area contributed by atoms with Gasteiger partial charge in [0.15, 0.2) is 0 Å². The Balaban J connectivity index is 1.93. The molecule has 0 saturated carbocycles. The maximum absolute atomic E-state index is 4.54. The molecule has 0 aliphatic rings. The summed E-state index contributed by atoms with van der Waals surface area (Å²) < 4.78 is 0. The van der Waals surface area contributed by atoms with E-state index in [0.29, 0.717) is 0 Å². The molecule has 0 radical (unpaired) electrons. The summed E-state index contributed by atoms with van der Waals surface area (Å²) in [6.45, 7) is 13.9. The number of hydrogen-bond acceptors (Lipinski definition) is 1. The Kier molecular flexibility index (Phi) is 6.85. The third-order valence-corrected chi connectivity index (χ3v) is 5.38. The van der Waals surface area contributed by atoms with Gasteiger partial charge in [-0.25, -0.2) is 0 Å². The normalized spacial score (nSPS) is 12.6. The van der Waals surface area contributed by atoms with E-state index in [4.69, 9.17) is 0 Å². The fourth-order valence-electron chi connectivity index (χ4n) is 3.91. The van der Waals surface area contributed by atoms with Gasteiger partial charge in [-0.2, -0.15) is 0 Å². The van der Waals surface area contributed by atoms with Gasteiger partial charge in [0.1, 0.15) is 0 Å². The molecule has 1 N–H and O–H groups in total. The Labute approximate surface area is 175 Å². The van der Waals surface area contributed by atoms with E-state index in [1.165, 1.54) is 39.0 Å². The Bertz CT molecular complexity index is 1010. The van der Waals surface area contributed by atoms with Crippen molar-refractivity contribution >= 4 is 5.57 Å². The fraction of sp³-hybridized carbons (Fsp3) is 0.214. The number of nitrogens with one attached hydrogen (secondary N) is 1. The second-order valence-electron chi connectivity index (χ2n) is 7.76. The van der Waals surface area contributed by atoms with Gasteiger partial charge in [0.25, 0.3) is 0 Å². The first-order valence-corrected chi connectivity index (χ1v) is 10.3. The van der Waals surface area contributed by atoms with Crippen molar-refractivity contribution in [2.45, 2.75) is 40.3 Å². The number of hydrogen-bond donors (Lipinski definition) is 1. The van der Waals surface area contributed by atoms with Gasteiger partial charge >= 0.3 is 0 Å². The van der Waals surface area contributed by atoms with Crippen LogP contribution >= 0.6 is 0 Å². The maximum atomic E-state index is 4.54. The first-order valence-electron chi connectivity index (χ1n) is 10.3. The topological polar surface area (TPSA) is 12.0 Å². The molecule has 0 amide bonds. The molecule has 1 unspecified atom stereocenters. The molecule has 1 atom stereocenters. The molecular weight excluding hydrogens is 350 g/mol. The van der Waals surface area contributed by atoms with Crippen LogP contribution in [0.5, 0.6) is 0 Å². The summed E-state index contributed by atoms with van der Waals surface area (Å²) in [5.74, 6) is 0. The zero-order chi connectivity index (χ0) is 20.8. The van der Waals surface area contributed by atoms with Crippen LogP contribution in [0.4, 0.5) is 0 Å². The number of benzene rings is 3. The van der Waals surface area contributed by atoms with Crippen LogP contribution in [0.3, 0.4) is 0 Å². The van der Waals surface area contributed by atoms with Gasteiger partial charge in [-0.1, -0.05) is 96.6 Å². The van der Waals surface area contributed by atoms with Gasteiger partial charge in [-0.3, -0.25) is 0 Å². The van der Waals surface area contributed by atoms with Crippen LogP contribution in [0.15, 0.2) is 91.0 Å². The molecule has 1 heteroatoms. The Morgan fingerprint density at radius 2 is 1.62 bits per heavy atom. The smallest absolute Gasteiger partial charge is 0.0579 e. The van der Waals surface area contributed by atoms with E-state index < -0.39 is 0 Å². The van der Waals surface area contributed by atoms with Crippen molar-refractivity contribution in [3.05, 3.63) is 124 Å². The summed E-state index contributed by atoms with van der Waals surface area (Å²) in [6, 6.07) is 25.9. The van der Waals surface area contributed by atoms with Gasteiger partial charge < -0.3 is 5.32 Å². The SMILES string of the molecule is C=C(/C(=C/C)c1ccc(C)cc1C)C(NCc1cccc(C)c1)c1ccccc1. The maximum Gasteiger partial charge on any atom is 0.0579 e. The molecule has 0 aliphatic carbocycles. The highest BCUT2D eigenvalue weighted by atomic mass is 14.9. The molecule has 3 aromatic rings. The predicted molar refractivity (Wildman–Crippen MR) is 126 cm³/mol. The number of aryl methyl sites for hydroxylation is 3. The van der Waals surface area contributed by atoms with E-state index in [0.717, 1.165) is 12.1 Å². The third kappa shape index (κ3) is 5.13. The summed E-state index contributed by atoms with van der Waals surface area (Å²) in [7, 11) is 0. The quantitative estimate of drug-likeness (QED) is 0.430. The molecule has 1 nitrogen and oxygen atoms in total. The lowest BCUT2D eigenvalue weighted by Gasteiger charge is -2.25. The molecule has 0 heterocycles. The van der Waals surface area contributed by atoms with Crippen molar-refractivity contribution in [1.82, 2.24) is 5.32 Å². The number of rotatable bonds is 7. The second-order valence-corrected chi connectivity index (χ2v) is 7.76. The average molecular weight is 382 g/mol. The minimum atomic E-state index is 0.0450. The summed E-state index contributed by atoms with van der Waals surface area (Å²) in [5, 5.41) is 3.75. The van der Waals surface area contributed by atoms with Crippen molar-refractivity contribution in [1.29, 1.82) is 0 Å². The largest absolute Gasteiger partial charge is 0.302 e. The molecule has 0 aromatic heterocycles. The van der Waals surface area contributed by atoms with Crippen molar-refractivity contribution < 1.29 is 0 Å². The van der Waals surface area contributed by atoms with E-state index in [-0.39, 0.29) is 6.04 Å². The lowest BCUT2D eigenvalue weighted by atomic mass is 9.87. The summed E-state index contributed by atoms with van der Waals surface area (Å²) in [4.78, 5) is 0. The molecular formula is C28H31N. The summed E-state index contributed by atoms with van der Waals surface area (Å²) in [5.41, 5.74) is 9.91. The zero-order valence-electron chi connectivity index (χ0n) is 18.0. The van der Waals surface area contributed by atoms with E-state index in [1.54, 1.807) is 0 Å². The lowest BCUT2D eigenvalue weighted by Crippen LogP contribution is -2.23. The van der Waals surface area contributed by atoms with Crippen LogP contribution in [0.1, 0.15) is 46.3 Å². The molecule has 0 saturated heterocycles. The minimum Gasteiger partial charge on any atom is -0.302 e.